The number of amides is 2. The van der Waals surface area contributed by atoms with Gasteiger partial charge in [0, 0.05) is 16.9 Å². The largest absolute Gasteiger partial charge is 0.478 e. The van der Waals surface area contributed by atoms with Crippen LogP contribution in [0.4, 0.5) is 0 Å². The van der Waals surface area contributed by atoms with E-state index in [0.29, 0.717) is 4.90 Å². The summed E-state index contributed by atoms with van der Waals surface area (Å²) in [5, 5.41) is 30.4. The topological polar surface area (TPSA) is 138 Å². The van der Waals surface area contributed by atoms with Crippen molar-refractivity contribution in [3.8, 4) is 0 Å². The number of benzene rings is 1. The molecule has 0 bridgehead atoms. The third-order valence-corrected chi connectivity index (χ3v) is 4.22. The standard InChI is InChI=1S/C15H12N2O7/c18-11-6-7(15(21)22)5-10(12(11)17(23)24)16-13(19)8-3-1-2-4-9(8)14(16)20/h1-4,6,10-12,18H,5H2,(H,21,22)/t10-,11+,12+/m0/s1. The minimum Gasteiger partial charge on any atom is -0.478 e. The van der Waals surface area contributed by atoms with Crippen molar-refractivity contribution in [1.82, 2.24) is 4.90 Å². The summed E-state index contributed by atoms with van der Waals surface area (Å²) in [5.41, 5.74) is -0.0711. The molecule has 1 aromatic carbocycles. The molecule has 9 nitrogen and oxygen atoms in total. The van der Waals surface area contributed by atoms with E-state index in [1.807, 2.05) is 0 Å². The lowest BCUT2D eigenvalue weighted by molar-refractivity contribution is -0.538. The van der Waals surface area contributed by atoms with Crippen LogP contribution < -0.4 is 0 Å². The molecule has 2 amide bonds. The molecule has 1 aromatic rings. The normalized spacial score (nSPS) is 26.1. The zero-order chi connectivity index (χ0) is 17.6. The van der Waals surface area contributed by atoms with E-state index in [-0.39, 0.29) is 16.7 Å². The van der Waals surface area contributed by atoms with Crippen LogP contribution in [0.25, 0.3) is 0 Å². The van der Waals surface area contributed by atoms with E-state index in [1.54, 1.807) is 12.1 Å². The monoisotopic (exact) mass is 332 g/mol. The van der Waals surface area contributed by atoms with Crippen molar-refractivity contribution >= 4 is 17.8 Å². The maximum atomic E-state index is 12.5. The van der Waals surface area contributed by atoms with Crippen molar-refractivity contribution in [3.05, 3.63) is 57.2 Å². The third-order valence-electron chi connectivity index (χ3n) is 4.22. The van der Waals surface area contributed by atoms with Crippen LogP contribution in [0.15, 0.2) is 35.9 Å². The number of nitrogens with zero attached hydrogens (tertiary/aromatic N) is 2. The molecule has 3 atom stereocenters. The summed E-state index contributed by atoms with van der Waals surface area (Å²) in [7, 11) is 0. The van der Waals surface area contributed by atoms with E-state index in [4.69, 9.17) is 5.11 Å². The number of imide groups is 1. The number of aliphatic hydroxyl groups excluding tert-OH is 1. The SMILES string of the molecule is O=C(O)C1=C[C@@H](O)[C@H]([N+](=O)[O-])[C@@H](N2C(=O)c3ccccc3C2=O)C1. The van der Waals surface area contributed by atoms with Crippen molar-refractivity contribution in [3.63, 3.8) is 0 Å². The molecule has 0 spiro atoms. The Labute approximate surface area is 135 Å². The highest BCUT2D eigenvalue weighted by atomic mass is 16.6. The number of carbonyl (C=O) groups excluding carboxylic acids is 2. The van der Waals surface area contributed by atoms with Gasteiger partial charge in [0.25, 0.3) is 17.9 Å². The molecule has 2 N–H and O–H groups in total. The van der Waals surface area contributed by atoms with E-state index in [2.05, 4.69) is 0 Å². The maximum Gasteiger partial charge on any atom is 0.331 e. The number of hydrogen-bond donors (Lipinski definition) is 2. The molecule has 0 fully saturated rings. The lowest BCUT2D eigenvalue weighted by Crippen LogP contribution is -2.56. The maximum absolute atomic E-state index is 12.5. The highest BCUT2D eigenvalue weighted by molar-refractivity contribution is 6.21. The number of fused-ring (bicyclic) bond motifs is 1. The number of hydrogen-bond acceptors (Lipinski definition) is 6. The molecule has 0 unspecified atom stereocenters. The lowest BCUT2D eigenvalue weighted by Gasteiger charge is -2.33. The Morgan fingerprint density at radius 2 is 1.75 bits per heavy atom. The second-order valence-corrected chi connectivity index (χ2v) is 5.56. The van der Waals surface area contributed by atoms with Crippen LogP contribution in [-0.2, 0) is 4.79 Å². The Morgan fingerprint density at radius 3 is 2.21 bits per heavy atom. The first-order valence-corrected chi connectivity index (χ1v) is 7.05. The summed E-state index contributed by atoms with van der Waals surface area (Å²) in [6.07, 6.45) is -1.23. The van der Waals surface area contributed by atoms with Gasteiger partial charge in [0.2, 0.25) is 0 Å². The number of nitro groups is 1. The van der Waals surface area contributed by atoms with Gasteiger partial charge in [-0.3, -0.25) is 24.6 Å². The average molecular weight is 332 g/mol. The van der Waals surface area contributed by atoms with E-state index in [9.17, 15) is 29.6 Å². The number of rotatable bonds is 3. The molecular formula is C15H12N2O7. The Balaban J connectivity index is 2.05. The van der Waals surface area contributed by atoms with E-state index in [1.165, 1.54) is 12.1 Å². The second kappa shape index (κ2) is 5.53. The fourth-order valence-electron chi connectivity index (χ4n) is 3.12. The molecule has 2 aliphatic rings. The fraction of sp³-hybridized carbons (Fsp3) is 0.267. The number of aliphatic carboxylic acids is 1. The number of carboxylic acid groups (broad SMARTS) is 1. The van der Waals surface area contributed by atoms with Gasteiger partial charge in [-0.1, -0.05) is 12.1 Å². The molecule has 1 aliphatic heterocycles. The van der Waals surface area contributed by atoms with Gasteiger partial charge in [-0.15, -0.1) is 0 Å². The molecule has 124 valence electrons. The summed E-state index contributed by atoms with van der Waals surface area (Å²) in [4.78, 5) is 47.4. The molecule has 24 heavy (non-hydrogen) atoms. The highest BCUT2D eigenvalue weighted by Gasteiger charge is 2.51. The van der Waals surface area contributed by atoms with Crippen LogP contribution in [0.1, 0.15) is 27.1 Å². The molecule has 0 saturated carbocycles. The first kappa shape index (κ1) is 15.8. The number of carbonyl (C=O) groups is 3. The molecular weight excluding hydrogens is 320 g/mol. The Bertz CT molecular complexity index is 766. The summed E-state index contributed by atoms with van der Waals surface area (Å²) in [6, 6.07) is 2.88. The van der Waals surface area contributed by atoms with Gasteiger partial charge in [0.1, 0.15) is 12.1 Å². The zero-order valence-corrected chi connectivity index (χ0v) is 12.2. The van der Waals surface area contributed by atoms with Gasteiger partial charge < -0.3 is 10.2 Å². The van der Waals surface area contributed by atoms with Gasteiger partial charge in [0.05, 0.1) is 11.1 Å². The van der Waals surface area contributed by atoms with E-state index < -0.39 is 47.3 Å². The molecule has 0 saturated heterocycles. The lowest BCUT2D eigenvalue weighted by atomic mass is 9.87. The van der Waals surface area contributed by atoms with Crippen molar-refractivity contribution < 1.29 is 29.5 Å². The Kier molecular flexibility index (Phi) is 3.64. The number of carboxylic acids is 1. The van der Waals surface area contributed by atoms with E-state index >= 15 is 0 Å². The predicted octanol–water partition coefficient (Wildman–Crippen LogP) is 0.0721. The summed E-state index contributed by atoms with van der Waals surface area (Å²) < 4.78 is 0. The van der Waals surface area contributed by atoms with Crippen LogP contribution in [0.5, 0.6) is 0 Å². The van der Waals surface area contributed by atoms with E-state index in [0.717, 1.165) is 6.08 Å². The van der Waals surface area contributed by atoms with Crippen molar-refractivity contribution in [1.29, 1.82) is 0 Å². The van der Waals surface area contributed by atoms with Gasteiger partial charge in [-0.25, -0.2) is 4.79 Å². The molecule has 0 radical (unpaired) electrons. The molecule has 1 heterocycles. The van der Waals surface area contributed by atoms with Gasteiger partial charge in [-0.2, -0.15) is 0 Å². The quantitative estimate of drug-likeness (QED) is 0.454. The minimum absolute atomic E-state index is 0.102. The van der Waals surface area contributed by atoms with Gasteiger partial charge in [0.15, 0.2) is 0 Å². The second-order valence-electron chi connectivity index (χ2n) is 5.56. The van der Waals surface area contributed by atoms with Gasteiger partial charge >= 0.3 is 5.97 Å². The predicted molar refractivity (Wildman–Crippen MR) is 77.9 cm³/mol. The number of aliphatic hydroxyl groups is 1. The smallest absolute Gasteiger partial charge is 0.331 e. The summed E-state index contributed by atoms with van der Waals surface area (Å²) in [6.45, 7) is 0. The average Bonchev–Trinajstić information content (AvgIpc) is 2.78. The van der Waals surface area contributed by atoms with Crippen molar-refractivity contribution in [2.24, 2.45) is 0 Å². The van der Waals surface area contributed by atoms with Crippen LogP contribution >= 0.6 is 0 Å². The Morgan fingerprint density at radius 1 is 1.21 bits per heavy atom. The Hall–Kier alpha value is -3.07. The molecule has 3 rings (SSSR count). The van der Waals surface area contributed by atoms with Crippen molar-refractivity contribution in [2.75, 3.05) is 0 Å². The first-order valence-electron chi connectivity index (χ1n) is 7.05. The van der Waals surface area contributed by atoms with Crippen LogP contribution in [0.2, 0.25) is 0 Å². The fourth-order valence-corrected chi connectivity index (χ4v) is 3.12. The highest BCUT2D eigenvalue weighted by Crippen LogP contribution is 2.32. The first-order chi connectivity index (χ1) is 11.3. The van der Waals surface area contributed by atoms with Crippen LogP contribution in [-0.4, -0.2) is 56.0 Å². The van der Waals surface area contributed by atoms with Crippen LogP contribution in [0, 0.1) is 10.1 Å². The summed E-state index contributed by atoms with van der Waals surface area (Å²) in [5.74, 6) is -2.82. The molecule has 9 heteroatoms. The van der Waals surface area contributed by atoms with Crippen molar-refractivity contribution in [2.45, 2.75) is 24.6 Å². The van der Waals surface area contributed by atoms with Crippen LogP contribution in [0.3, 0.4) is 0 Å². The third kappa shape index (κ3) is 2.26. The minimum atomic E-state index is -1.71. The zero-order valence-electron chi connectivity index (χ0n) is 12.2. The molecule has 0 aromatic heterocycles. The summed E-state index contributed by atoms with van der Waals surface area (Å²) >= 11 is 0. The molecule has 1 aliphatic carbocycles. The van der Waals surface area contributed by atoms with Gasteiger partial charge in [-0.05, 0) is 18.2 Å².